The van der Waals surface area contributed by atoms with Crippen molar-refractivity contribution in [2.75, 3.05) is 18.4 Å². The van der Waals surface area contributed by atoms with Gasteiger partial charge in [-0.15, -0.1) is 11.3 Å². The van der Waals surface area contributed by atoms with Crippen LogP contribution in [-0.4, -0.2) is 39.9 Å². The average Bonchev–Trinajstić information content (AvgIpc) is 3.10. The van der Waals surface area contributed by atoms with E-state index in [-0.39, 0.29) is 23.5 Å². The minimum Gasteiger partial charge on any atom is -0.508 e. The van der Waals surface area contributed by atoms with Gasteiger partial charge in [0.05, 0.1) is 11.6 Å². The smallest absolute Gasteiger partial charge is 0.245 e. The lowest BCUT2D eigenvalue weighted by molar-refractivity contribution is -0.130. The summed E-state index contributed by atoms with van der Waals surface area (Å²) < 4.78 is 0. The Kier molecular flexibility index (Phi) is 5.14. The number of carbonyl (C=O) groups is 2. The number of phenolic OH excluding ortho intramolecular Hbond substituents is 1. The summed E-state index contributed by atoms with van der Waals surface area (Å²) in [6.45, 7) is 4.57. The lowest BCUT2D eigenvalue weighted by Crippen LogP contribution is -2.43. The summed E-state index contributed by atoms with van der Waals surface area (Å²) >= 11 is 1.35. The molecule has 130 valence electrons. The molecule has 1 aromatic carbocycles. The molecular weight excluding hydrogens is 338 g/mol. The molecule has 0 bridgehead atoms. The van der Waals surface area contributed by atoms with E-state index in [0.29, 0.717) is 18.2 Å². The Balaban J connectivity index is 1.64. The van der Waals surface area contributed by atoms with Crippen LogP contribution in [0.15, 0.2) is 42.3 Å². The van der Waals surface area contributed by atoms with Gasteiger partial charge in [-0.25, -0.2) is 4.98 Å². The van der Waals surface area contributed by atoms with Crippen molar-refractivity contribution in [1.82, 2.24) is 9.88 Å². The Morgan fingerprint density at radius 2 is 2.12 bits per heavy atom. The van der Waals surface area contributed by atoms with Gasteiger partial charge in [-0.2, -0.15) is 0 Å². The zero-order valence-corrected chi connectivity index (χ0v) is 14.5. The van der Waals surface area contributed by atoms with Gasteiger partial charge in [0.25, 0.3) is 0 Å². The fraction of sp³-hybridized carbons (Fsp3) is 0.278. The number of piperidine rings is 1. The molecule has 0 aliphatic carbocycles. The van der Waals surface area contributed by atoms with Crippen LogP contribution in [0.5, 0.6) is 5.75 Å². The summed E-state index contributed by atoms with van der Waals surface area (Å²) in [6.07, 6.45) is 2.84. The third-order valence-electron chi connectivity index (χ3n) is 4.18. The predicted molar refractivity (Wildman–Crippen MR) is 97.3 cm³/mol. The normalized spacial score (nSPS) is 17.1. The van der Waals surface area contributed by atoms with Gasteiger partial charge in [0.2, 0.25) is 11.8 Å². The summed E-state index contributed by atoms with van der Waals surface area (Å²) in [5.74, 6) is -0.295. The zero-order chi connectivity index (χ0) is 17.8. The van der Waals surface area contributed by atoms with Crippen LogP contribution in [-0.2, 0) is 9.59 Å². The number of rotatable bonds is 4. The van der Waals surface area contributed by atoms with Crippen LogP contribution in [0.4, 0.5) is 5.13 Å². The number of carbonyl (C=O) groups excluding carboxylic acids is 2. The second kappa shape index (κ2) is 7.48. The molecule has 1 atom stereocenters. The third-order valence-corrected chi connectivity index (χ3v) is 4.93. The van der Waals surface area contributed by atoms with Crippen molar-refractivity contribution in [3.05, 3.63) is 42.3 Å². The Morgan fingerprint density at radius 3 is 2.84 bits per heavy atom. The average molecular weight is 357 g/mol. The molecule has 2 heterocycles. The first-order valence-electron chi connectivity index (χ1n) is 8.04. The summed E-state index contributed by atoms with van der Waals surface area (Å²) in [6, 6.07) is 6.74. The van der Waals surface area contributed by atoms with Crippen molar-refractivity contribution >= 4 is 28.3 Å². The summed E-state index contributed by atoms with van der Waals surface area (Å²) in [7, 11) is 0. The first kappa shape index (κ1) is 17.2. The molecule has 3 rings (SSSR count). The fourth-order valence-electron chi connectivity index (χ4n) is 2.82. The van der Waals surface area contributed by atoms with Gasteiger partial charge in [-0.05, 0) is 43.2 Å². The van der Waals surface area contributed by atoms with Crippen LogP contribution in [0.1, 0.15) is 12.8 Å². The highest BCUT2D eigenvalue weighted by molar-refractivity contribution is 7.14. The van der Waals surface area contributed by atoms with Crippen LogP contribution in [0.25, 0.3) is 11.3 Å². The van der Waals surface area contributed by atoms with Crippen molar-refractivity contribution in [2.24, 2.45) is 5.92 Å². The fourth-order valence-corrected chi connectivity index (χ4v) is 3.55. The predicted octanol–water partition coefficient (Wildman–Crippen LogP) is 2.88. The quantitative estimate of drug-likeness (QED) is 0.824. The van der Waals surface area contributed by atoms with E-state index in [0.717, 1.165) is 24.1 Å². The van der Waals surface area contributed by atoms with Crippen LogP contribution in [0.2, 0.25) is 0 Å². The van der Waals surface area contributed by atoms with E-state index < -0.39 is 0 Å². The summed E-state index contributed by atoms with van der Waals surface area (Å²) in [5.41, 5.74) is 1.61. The Morgan fingerprint density at radius 1 is 1.36 bits per heavy atom. The van der Waals surface area contributed by atoms with Gasteiger partial charge in [0.15, 0.2) is 5.13 Å². The van der Waals surface area contributed by atoms with Crippen molar-refractivity contribution in [1.29, 1.82) is 0 Å². The highest BCUT2D eigenvalue weighted by Gasteiger charge is 2.28. The van der Waals surface area contributed by atoms with Crippen LogP contribution >= 0.6 is 11.3 Å². The number of thiazole rings is 1. The van der Waals surface area contributed by atoms with Gasteiger partial charge < -0.3 is 15.3 Å². The number of anilines is 1. The molecule has 2 N–H and O–H groups in total. The second-order valence-electron chi connectivity index (χ2n) is 5.90. The molecule has 2 aromatic rings. The number of amides is 2. The molecule has 1 aliphatic rings. The van der Waals surface area contributed by atoms with E-state index in [2.05, 4.69) is 16.9 Å². The third kappa shape index (κ3) is 4.06. The molecule has 1 aliphatic heterocycles. The topological polar surface area (TPSA) is 82.5 Å². The lowest BCUT2D eigenvalue weighted by Gasteiger charge is -2.31. The molecule has 0 spiro atoms. The van der Waals surface area contributed by atoms with Crippen molar-refractivity contribution < 1.29 is 14.7 Å². The Bertz CT molecular complexity index is 785. The van der Waals surface area contributed by atoms with Crippen LogP contribution in [0, 0.1) is 5.92 Å². The van der Waals surface area contributed by atoms with Crippen molar-refractivity contribution in [3.8, 4) is 17.0 Å². The van der Waals surface area contributed by atoms with Crippen LogP contribution in [0.3, 0.4) is 0 Å². The first-order valence-corrected chi connectivity index (χ1v) is 8.92. The second-order valence-corrected chi connectivity index (χ2v) is 6.76. The van der Waals surface area contributed by atoms with E-state index in [1.54, 1.807) is 29.2 Å². The highest BCUT2D eigenvalue weighted by atomic mass is 32.1. The number of hydrogen-bond acceptors (Lipinski definition) is 5. The van der Waals surface area contributed by atoms with E-state index >= 15 is 0 Å². The number of aromatic hydroxyl groups is 1. The number of nitrogens with one attached hydrogen (secondary N) is 1. The van der Waals surface area contributed by atoms with Gasteiger partial charge in [-0.3, -0.25) is 9.59 Å². The Hall–Kier alpha value is -2.67. The lowest BCUT2D eigenvalue weighted by atomic mass is 9.97. The number of phenols is 1. The SMILES string of the molecule is C=CC(=O)N1CCCC(C(=O)Nc2nc(-c3ccc(O)cc3)cs2)C1. The van der Waals surface area contributed by atoms with Crippen molar-refractivity contribution in [3.63, 3.8) is 0 Å². The number of nitrogens with zero attached hydrogens (tertiary/aromatic N) is 2. The van der Waals surface area contributed by atoms with Crippen LogP contribution < -0.4 is 5.32 Å². The van der Waals surface area contributed by atoms with E-state index in [1.165, 1.54) is 17.4 Å². The molecule has 1 aromatic heterocycles. The molecule has 7 heteroatoms. The molecule has 6 nitrogen and oxygen atoms in total. The Labute approximate surface area is 149 Å². The van der Waals surface area contributed by atoms with Crippen molar-refractivity contribution in [2.45, 2.75) is 12.8 Å². The van der Waals surface area contributed by atoms with E-state index in [1.807, 2.05) is 5.38 Å². The van der Waals surface area contributed by atoms with Gasteiger partial charge in [0, 0.05) is 24.0 Å². The van der Waals surface area contributed by atoms with E-state index in [9.17, 15) is 14.7 Å². The van der Waals surface area contributed by atoms with E-state index in [4.69, 9.17) is 0 Å². The first-order chi connectivity index (χ1) is 12.1. The molecule has 2 amide bonds. The van der Waals surface area contributed by atoms with Gasteiger partial charge >= 0.3 is 0 Å². The summed E-state index contributed by atoms with van der Waals surface area (Å²) in [4.78, 5) is 30.3. The summed E-state index contributed by atoms with van der Waals surface area (Å²) in [5, 5.41) is 14.6. The maximum absolute atomic E-state index is 12.5. The molecule has 1 saturated heterocycles. The zero-order valence-electron chi connectivity index (χ0n) is 13.6. The molecule has 1 fully saturated rings. The maximum atomic E-state index is 12.5. The molecular formula is C18H19N3O3S. The standard InChI is InChI=1S/C18H19N3O3S/c1-2-16(23)21-9-3-4-13(10-21)17(24)20-18-19-15(11-25-18)12-5-7-14(22)8-6-12/h2,5-8,11,13,22H,1,3-4,9-10H2,(H,19,20,24). The maximum Gasteiger partial charge on any atom is 0.245 e. The largest absolute Gasteiger partial charge is 0.508 e. The monoisotopic (exact) mass is 357 g/mol. The molecule has 1 unspecified atom stereocenters. The minimum atomic E-state index is -0.237. The number of benzene rings is 1. The molecule has 25 heavy (non-hydrogen) atoms. The molecule has 0 radical (unpaired) electrons. The van der Waals surface area contributed by atoms with Gasteiger partial charge in [0.1, 0.15) is 5.75 Å². The van der Waals surface area contributed by atoms with Gasteiger partial charge in [-0.1, -0.05) is 6.58 Å². The number of likely N-dealkylation sites (tertiary alicyclic amines) is 1. The number of aromatic nitrogens is 1. The highest BCUT2D eigenvalue weighted by Crippen LogP contribution is 2.27. The minimum absolute atomic E-state index is 0.117. The molecule has 0 saturated carbocycles. The number of hydrogen-bond donors (Lipinski definition) is 2.